The fraction of sp³-hybridized carbons (Fsp3) is 0.364. The first-order valence-electron chi connectivity index (χ1n) is 10.7. The van der Waals surface area contributed by atoms with Crippen LogP contribution in [0.15, 0.2) is 36.9 Å². The third-order valence-electron chi connectivity index (χ3n) is 6.06. The van der Waals surface area contributed by atoms with Gasteiger partial charge in [-0.2, -0.15) is 10.2 Å². The molecule has 0 bridgehead atoms. The van der Waals surface area contributed by atoms with E-state index in [0.29, 0.717) is 38.3 Å². The molecule has 0 saturated heterocycles. The van der Waals surface area contributed by atoms with Crippen LogP contribution in [0.25, 0.3) is 0 Å². The highest BCUT2D eigenvalue weighted by Crippen LogP contribution is 2.25. The molecule has 2 aromatic heterocycles. The van der Waals surface area contributed by atoms with E-state index in [2.05, 4.69) is 32.4 Å². The quantitative estimate of drug-likeness (QED) is 0.568. The van der Waals surface area contributed by atoms with E-state index in [1.54, 1.807) is 15.9 Å². The second-order valence-corrected chi connectivity index (χ2v) is 7.94. The van der Waals surface area contributed by atoms with Crippen LogP contribution in [0.4, 0.5) is 0 Å². The minimum atomic E-state index is -0.425. The standard InChI is InChI=1S/C21H23N7O2.CH2O2/c1-14(28-13-22-12-23-28)20(29)27-9-7-17-18(11-27)24-25-19(17)21(30)26-8-6-15-4-2-3-5-16(15)10-26;2-1-3/h2-5,12-14H,6-11H2,1H3,(H,24,25);1H,(H,2,3). The summed E-state index contributed by atoms with van der Waals surface area (Å²) in [6.45, 7) is 3.82. The van der Waals surface area contributed by atoms with Crippen molar-refractivity contribution in [3.8, 4) is 0 Å². The highest BCUT2D eigenvalue weighted by atomic mass is 16.3. The molecule has 2 aliphatic heterocycles. The molecule has 2 amide bonds. The molecule has 2 aliphatic rings. The molecule has 172 valence electrons. The van der Waals surface area contributed by atoms with Crippen molar-refractivity contribution in [1.82, 2.24) is 34.8 Å². The Morgan fingerprint density at radius 3 is 2.58 bits per heavy atom. The number of hydrogen-bond acceptors (Lipinski definition) is 6. The van der Waals surface area contributed by atoms with Crippen molar-refractivity contribution < 1.29 is 19.5 Å². The number of amides is 2. The van der Waals surface area contributed by atoms with Gasteiger partial charge in [-0.05, 0) is 30.9 Å². The van der Waals surface area contributed by atoms with Crippen molar-refractivity contribution in [3.05, 3.63) is 65.0 Å². The molecule has 1 unspecified atom stereocenters. The summed E-state index contributed by atoms with van der Waals surface area (Å²) in [5, 5.41) is 18.3. The average molecular weight is 451 g/mol. The zero-order chi connectivity index (χ0) is 23.4. The number of hydrogen-bond donors (Lipinski definition) is 2. The second-order valence-electron chi connectivity index (χ2n) is 7.94. The maximum absolute atomic E-state index is 13.2. The van der Waals surface area contributed by atoms with Crippen LogP contribution in [0.3, 0.4) is 0 Å². The number of carboxylic acid groups (broad SMARTS) is 1. The van der Waals surface area contributed by atoms with E-state index >= 15 is 0 Å². The van der Waals surface area contributed by atoms with Gasteiger partial charge in [-0.15, -0.1) is 0 Å². The molecule has 1 atom stereocenters. The number of nitrogens with zero attached hydrogens (tertiary/aromatic N) is 6. The predicted molar refractivity (Wildman–Crippen MR) is 116 cm³/mol. The van der Waals surface area contributed by atoms with Gasteiger partial charge in [0.1, 0.15) is 18.7 Å². The zero-order valence-corrected chi connectivity index (χ0v) is 18.2. The Labute approximate surface area is 190 Å². The van der Waals surface area contributed by atoms with Crippen LogP contribution >= 0.6 is 0 Å². The Morgan fingerprint density at radius 2 is 1.85 bits per heavy atom. The Morgan fingerprint density at radius 1 is 1.12 bits per heavy atom. The van der Waals surface area contributed by atoms with Crippen molar-refractivity contribution in [2.75, 3.05) is 13.1 Å². The minimum absolute atomic E-state index is 0.0266. The van der Waals surface area contributed by atoms with Crippen molar-refractivity contribution in [3.63, 3.8) is 0 Å². The molecule has 2 N–H and O–H groups in total. The van der Waals surface area contributed by atoms with Gasteiger partial charge < -0.3 is 14.9 Å². The van der Waals surface area contributed by atoms with Gasteiger partial charge in [0.2, 0.25) is 5.91 Å². The Bertz CT molecular complexity index is 1140. The molecule has 1 aromatic carbocycles. The molecular weight excluding hydrogens is 426 g/mol. The van der Waals surface area contributed by atoms with Crippen LogP contribution in [0.1, 0.15) is 45.8 Å². The van der Waals surface area contributed by atoms with E-state index in [0.717, 1.165) is 17.7 Å². The van der Waals surface area contributed by atoms with Gasteiger partial charge >= 0.3 is 0 Å². The Kier molecular flexibility index (Phi) is 6.48. The van der Waals surface area contributed by atoms with E-state index in [9.17, 15) is 9.59 Å². The SMILES string of the molecule is CC(C(=O)N1CCc2c(C(=O)N3CCc4ccccc4C3)n[nH]c2C1)n1cncn1.O=CO. The molecule has 3 aromatic rings. The highest BCUT2D eigenvalue weighted by molar-refractivity contribution is 5.94. The van der Waals surface area contributed by atoms with Gasteiger partial charge in [-0.25, -0.2) is 9.67 Å². The summed E-state index contributed by atoms with van der Waals surface area (Å²) in [6.07, 6.45) is 4.43. The Balaban J connectivity index is 0.000000821. The van der Waals surface area contributed by atoms with E-state index in [1.807, 2.05) is 24.0 Å². The monoisotopic (exact) mass is 451 g/mol. The minimum Gasteiger partial charge on any atom is -0.483 e. The van der Waals surface area contributed by atoms with Crippen LogP contribution in [-0.2, 0) is 35.5 Å². The average Bonchev–Trinajstić information content (AvgIpc) is 3.53. The van der Waals surface area contributed by atoms with Crippen molar-refractivity contribution in [1.29, 1.82) is 0 Å². The van der Waals surface area contributed by atoms with Crippen molar-refractivity contribution in [2.45, 2.75) is 38.9 Å². The number of carbonyl (C=O) groups excluding carboxylic acids is 2. The van der Waals surface area contributed by atoms with Crippen molar-refractivity contribution in [2.24, 2.45) is 0 Å². The molecule has 5 rings (SSSR count). The van der Waals surface area contributed by atoms with Gasteiger partial charge in [0, 0.05) is 25.2 Å². The molecule has 11 nitrogen and oxygen atoms in total. The van der Waals surface area contributed by atoms with Crippen molar-refractivity contribution >= 4 is 18.3 Å². The van der Waals surface area contributed by atoms with E-state index < -0.39 is 6.04 Å². The first-order valence-corrected chi connectivity index (χ1v) is 10.7. The van der Waals surface area contributed by atoms with Crippen LogP contribution < -0.4 is 0 Å². The predicted octanol–water partition coefficient (Wildman–Crippen LogP) is 1.05. The normalized spacial score (nSPS) is 15.5. The fourth-order valence-corrected chi connectivity index (χ4v) is 4.30. The molecular formula is C22H25N7O4. The lowest BCUT2D eigenvalue weighted by Crippen LogP contribution is -2.40. The number of benzene rings is 1. The van der Waals surface area contributed by atoms with Gasteiger partial charge in [0.15, 0.2) is 5.69 Å². The first-order chi connectivity index (χ1) is 16.0. The summed E-state index contributed by atoms with van der Waals surface area (Å²) in [6, 6.07) is 7.83. The third kappa shape index (κ3) is 4.47. The number of aromatic nitrogens is 5. The number of aromatic amines is 1. The summed E-state index contributed by atoms with van der Waals surface area (Å²) in [7, 11) is 0. The molecule has 4 heterocycles. The lowest BCUT2D eigenvalue weighted by molar-refractivity contribution is -0.135. The number of rotatable bonds is 3. The molecule has 0 spiro atoms. The summed E-state index contributed by atoms with van der Waals surface area (Å²) in [5.74, 6) is -0.0703. The molecule has 0 aliphatic carbocycles. The van der Waals surface area contributed by atoms with Crippen LogP contribution in [0, 0.1) is 0 Å². The maximum atomic E-state index is 13.2. The summed E-state index contributed by atoms with van der Waals surface area (Å²) in [4.78, 5) is 41.9. The number of fused-ring (bicyclic) bond motifs is 2. The van der Waals surface area contributed by atoms with Crippen LogP contribution in [-0.4, -0.2) is 71.2 Å². The van der Waals surface area contributed by atoms with Gasteiger partial charge in [-0.3, -0.25) is 19.5 Å². The summed E-state index contributed by atoms with van der Waals surface area (Å²) >= 11 is 0. The molecule has 0 saturated carbocycles. The zero-order valence-electron chi connectivity index (χ0n) is 18.2. The lowest BCUT2D eigenvalue weighted by atomic mass is 9.98. The lowest BCUT2D eigenvalue weighted by Gasteiger charge is -2.30. The first kappa shape index (κ1) is 22.2. The van der Waals surface area contributed by atoms with E-state index in [1.165, 1.54) is 17.5 Å². The fourth-order valence-electron chi connectivity index (χ4n) is 4.30. The molecule has 11 heteroatoms. The third-order valence-corrected chi connectivity index (χ3v) is 6.06. The molecule has 0 radical (unpaired) electrons. The van der Waals surface area contributed by atoms with Gasteiger partial charge in [0.05, 0.1) is 12.2 Å². The molecule has 0 fully saturated rings. The maximum Gasteiger partial charge on any atom is 0.290 e. The van der Waals surface area contributed by atoms with E-state index in [4.69, 9.17) is 9.90 Å². The summed E-state index contributed by atoms with van der Waals surface area (Å²) < 4.78 is 1.55. The Hall–Kier alpha value is -4.02. The topological polar surface area (TPSA) is 137 Å². The smallest absolute Gasteiger partial charge is 0.290 e. The largest absolute Gasteiger partial charge is 0.483 e. The highest BCUT2D eigenvalue weighted by Gasteiger charge is 2.32. The number of carbonyl (C=O) groups is 3. The summed E-state index contributed by atoms with van der Waals surface area (Å²) in [5.41, 5.74) is 4.75. The number of H-pyrrole nitrogens is 1. The van der Waals surface area contributed by atoms with Crippen LogP contribution in [0.2, 0.25) is 0 Å². The van der Waals surface area contributed by atoms with E-state index in [-0.39, 0.29) is 18.3 Å². The number of nitrogens with one attached hydrogen (secondary N) is 1. The van der Waals surface area contributed by atoms with Crippen LogP contribution in [0.5, 0.6) is 0 Å². The second kappa shape index (κ2) is 9.63. The van der Waals surface area contributed by atoms with Gasteiger partial charge in [0.25, 0.3) is 12.4 Å². The van der Waals surface area contributed by atoms with Gasteiger partial charge in [-0.1, -0.05) is 24.3 Å². The molecule has 33 heavy (non-hydrogen) atoms.